The molecular formula is C11H16ClNO4Se. The van der Waals surface area contributed by atoms with Gasteiger partial charge in [-0.15, -0.1) is 0 Å². The second-order valence-corrected chi connectivity index (χ2v) is 8.87. The number of aliphatic hydroxyl groups excluding tert-OH is 1. The van der Waals surface area contributed by atoms with Gasteiger partial charge in [-0.3, -0.25) is 0 Å². The molecule has 2 N–H and O–H groups in total. The standard InChI is InChI=1S/C11H16ClNO4Se/c1-5(2)8(14)11-7(13-10(11)16)6(3-4-12)9(15)18(11)17/h5-8,14H,3-4H2,1-2H3,(H,13,16)/t6?,7-,8-,11-,18?/m0/s1. The van der Waals surface area contributed by atoms with Crippen molar-refractivity contribution in [2.45, 2.75) is 36.7 Å². The van der Waals surface area contributed by atoms with Gasteiger partial charge in [-0.25, -0.2) is 0 Å². The second-order valence-electron chi connectivity index (χ2n) is 5.11. The van der Waals surface area contributed by atoms with Crippen LogP contribution in [-0.4, -0.2) is 47.6 Å². The van der Waals surface area contributed by atoms with Gasteiger partial charge in [-0.1, -0.05) is 0 Å². The van der Waals surface area contributed by atoms with Crippen molar-refractivity contribution in [2.75, 3.05) is 5.88 Å². The summed E-state index contributed by atoms with van der Waals surface area (Å²) >= 11 is 2.58. The first-order valence-electron chi connectivity index (χ1n) is 5.89. The molecule has 5 nitrogen and oxygen atoms in total. The molecule has 2 heterocycles. The van der Waals surface area contributed by atoms with E-state index in [2.05, 4.69) is 5.32 Å². The SMILES string of the molecule is CC(C)[C@H](O)[C@]12C(=O)N[C@H]1C(CCCl)C(=O)[Se]2=O. The number of halogens is 1. The van der Waals surface area contributed by atoms with Crippen molar-refractivity contribution in [3.63, 3.8) is 0 Å². The van der Waals surface area contributed by atoms with E-state index in [0.29, 0.717) is 6.42 Å². The predicted octanol–water partition coefficient (Wildman–Crippen LogP) is 0.0311. The van der Waals surface area contributed by atoms with Crippen molar-refractivity contribution in [3.05, 3.63) is 0 Å². The van der Waals surface area contributed by atoms with Crippen molar-refractivity contribution in [1.82, 2.24) is 5.32 Å². The van der Waals surface area contributed by atoms with E-state index in [-0.39, 0.29) is 16.5 Å². The number of nitrogens with one attached hydrogen (secondary N) is 1. The number of rotatable bonds is 4. The third-order valence-corrected chi connectivity index (χ3v) is 8.12. The molecule has 1 amide bonds. The fourth-order valence-corrected chi connectivity index (χ4v) is 7.29. The Morgan fingerprint density at radius 3 is 2.56 bits per heavy atom. The number of carbonyl (C=O) groups is 2. The van der Waals surface area contributed by atoms with Gasteiger partial charge < -0.3 is 0 Å². The molecule has 0 aromatic rings. The van der Waals surface area contributed by atoms with E-state index in [0.717, 1.165) is 0 Å². The van der Waals surface area contributed by atoms with Gasteiger partial charge in [0.2, 0.25) is 0 Å². The van der Waals surface area contributed by atoms with Gasteiger partial charge in [0.15, 0.2) is 0 Å². The maximum absolute atomic E-state index is 12.3. The minimum absolute atomic E-state index is 0.221. The van der Waals surface area contributed by atoms with E-state index in [1.54, 1.807) is 13.8 Å². The summed E-state index contributed by atoms with van der Waals surface area (Å²) in [6.07, 6.45) is -0.650. The molecule has 2 aliphatic heterocycles. The Kier molecular flexibility index (Phi) is 3.67. The zero-order chi connectivity index (χ0) is 13.7. The topological polar surface area (TPSA) is 83.5 Å². The fourth-order valence-electron chi connectivity index (χ4n) is 2.79. The Morgan fingerprint density at radius 1 is 1.50 bits per heavy atom. The summed E-state index contributed by atoms with van der Waals surface area (Å²) in [4.78, 5) is 23.9. The zero-order valence-corrected chi connectivity index (χ0v) is 12.7. The molecule has 2 aliphatic rings. The molecule has 0 aromatic heterocycles. The molecule has 2 fully saturated rings. The van der Waals surface area contributed by atoms with E-state index in [1.165, 1.54) is 0 Å². The molecule has 0 bridgehead atoms. The first-order chi connectivity index (χ1) is 8.38. The Bertz CT molecular complexity index is 427. The molecule has 0 spiro atoms. The van der Waals surface area contributed by atoms with Crippen LogP contribution in [0.4, 0.5) is 0 Å². The molecule has 18 heavy (non-hydrogen) atoms. The number of amides is 1. The van der Waals surface area contributed by atoms with E-state index in [1.807, 2.05) is 0 Å². The molecule has 0 saturated carbocycles. The van der Waals surface area contributed by atoms with Crippen molar-refractivity contribution < 1.29 is 18.5 Å². The van der Waals surface area contributed by atoms with Crippen LogP contribution in [-0.2, 0) is 13.4 Å². The summed E-state index contributed by atoms with van der Waals surface area (Å²) in [6, 6.07) is -0.504. The Morgan fingerprint density at radius 2 is 2.11 bits per heavy atom. The summed E-state index contributed by atoms with van der Waals surface area (Å²) in [6.45, 7) is 3.50. The number of alkyl halides is 1. The van der Waals surface area contributed by atoms with Gasteiger partial charge in [0.25, 0.3) is 0 Å². The van der Waals surface area contributed by atoms with Crippen LogP contribution < -0.4 is 5.32 Å². The molecule has 5 atom stereocenters. The van der Waals surface area contributed by atoms with Gasteiger partial charge >= 0.3 is 114 Å². The first-order valence-corrected chi connectivity index (χ1v) is 8.84. The molecule has 2 saturated heterocycles. The fraction of sp³-hybridized carbons (Fsp3) is 0.818. The van der Waals surface area contributed by atoms with Crippen molar-refractivity contribution in [3.8, 4) is 0 Å². The first kappa shape index (κ1) is 14.1. The molecule has 2 rings (SSSR count). The Balaban J connectivity index is 2.41. The van der Waals surface area contributed by atoms with Crippen molar-refractivity contribution in [2.24, 2.45) is 11.8 Å². The number of aliphatic hydroxyl groups is 1. The average Bonchev–Trinajstić information content (AvgIpc) is 2.47. The number of hydrogen-bond donors (Lipinski definition) is 2. The summed E-state index contributed by atoms with van der Waals surface area (Å²) in [5, 5.41) is 12.9. The average molecular weight is 341 g/mol. The number of hydrogen-bond acceptors (Lipinski definition) is 4. The molecule has 0 radical (unpaired) electrons. The van der Waals surface area contributed by atoms with Crippen LogP contribution in [0.3, 0.4) is 0 Å². The van der Waals surface area contributed by atoms with Crippen molar-refractivity contribution >= 4 is 36.0 Å². The normalized spacial score (nSPS) is 40.4. The van der Waals surface area contributed by atoms with Crippen LogP contribution >= 0.6 is 11.6 Å². The van der Waals surface area contributed by atoms with E-state index in [4.69, 9.17) is 11.6 Å². The van der Waals surface area contributed by atoms with Gasteiger partial charge in [0, 0.05) is 0 Å². The van der Waals surface area contributed by atoms with E-state index in [9.17, 15) is 18.5 Å². The Labute approximate surface area is 114 Å². The zero-order valence-electron chi connectivity index (χ0n) is 10.2. The van der Waals surface area contributed by atoms with Gasteiger partial charge in [0.1, 0.15) is 0 Å². The second kappa shape index (κ2) is 4.67. The number of fused-ring (bicyclic) bond motifs is 1. The van der Waals surface area contributed by atoms with E-state index >= 15 is 0 Å². The molecule has 7 heteroatoms. The third kappa shape index (κ3) is 1.56. The monoisotopic (exact) mass is 341 g/mol. The number of carbonyl (C=O) groups excluding carboxylic acids is 2. The minimum atomic E-state index is -3.06. The molecule has 0 aliphatic carbocycles. The number of β-lactam (4-membered cyclic amide) rings is 1. The Hall–Kier alpha value is -0.291. The third-order valence-electron chi connectivity index (χ3n) is 3.79. The summed E-state index contributed by atoms with van der Waals surface area (Å²) in [5.41, 5.74) is 0. The quantitative estimate of drug-likeness (QED) is 0.430. The van der Waals surface area contributed by atoms with Crippen LogP contribution in [0.15, 0.2) is 0 Å². The van der Waals surface area contributed by atoms with Crippen LogP contribution in [0.2, 0.25) is 4.31 Å². The van der Waals surface area contributed by atoms with Crippen LogP contribution in [0.25, 0.3) is 0 Å². The summed E-state index contributed by atoms with van der Waals surface area (Å²) in [7, 11) is 0. The molecule has 102 valence electrons. The van der Waals surface area contributed by atoms with Gasteiger partial charge in [-0.2, -0.15) is 0 Å². The van der Waals surface area contributed by atoms with Gasteiger partial charge in [0.05, 0.1) is 0 Å². The van der Waals surface area contributed by atoms with E-state index < -0.39 is 42.1 Å². The van der Waals surface area contributed by atoms with Gasteiger partial charge in [-0.05, 0) is 0 Å². The summed E-state index contributed by atoms with van der Waals surface area (Å²) < 4.78 is 10.6. The molecule has 0 aromatic carbocycles. The van der Waals surface area contributed by atoms with Crippen LogP contribution in [0, 0.1) is 11.8 Å². The summed E-state index contributed by atoms with van der Waals surface area (Å²) in [5.74, 6) is -0.897. The predicted molar refractivity (Wildman–Crippen MR) is 65.7 cm³/mol. The van der Waals surface area contributed by atoms with Crippen LogP contribution in [0.1, 0.15) is 20.3 Å². The van der Waals surface area contributed by atoms with Crippen molar-refractivity contribution in [1.29, 1.82) is 0 Å². The molecule has 2 unspecified atom stereocenters. The molecular weight excluding hydrogens is 325 g/mol. The van der Waals surface area contributed by atoms with Crippen LogP contribution in [0.5, 0.6) is 0 Å². The maximum atomic E-state index is 12.3.